The van der Waals surface area contributed by atoms with Crippen LogP contribution >= 0.6 is 0 Å². The number of nitrogens with zero attached hydrogens (tertiary/aromatic N) is 1. The summed E-state index contributed by atoms with van der Waals surface area (Å²) in [6.07, 6.45) is 1.04. The summed E-state index contributed by atoms with van der Waals surface area (Å²) in [6.45, 7) is 6.03. The van der Waals surface area contributed by atoms with Crippen molar-refractivity contribution < 1.29 is 32.9 Å². The number of halogens is 1. The van der Waals surface area contributed by atoms with Gasteiger partial charge in [0.1, 0.15) is 10.6 Å². The minimum Gasteiger partial charge on any atom is -0.598 e. The van der Waals surface area contributed by atoms with Crippen LogP contribution in [0.1, 0.15) is 57.6 Å². The maximum Gasteiger partial charge on any atom is 0.331 e. The Morgan fingerprint density at radius 1 is 1.29 bits per heavy atom. The highest BCUT2D eigenvalue weighted by molar-refractivity contribution is 7.90. The molecule has 2 saturated heterocycles. The number of amides is 4. The number of benzene rings is 1. The Balaban J connectivity index is 1.65. The second-order valence-electron chi connectivity index (χ2n) is 10.3. The molecule has 4 rings (SSSR count). The molecule has 0 aromatic heterocycles. The van der Waals surface area contributed by atoms with E-state index < -0.39 is 63.1 Å². The number of carbonyl (C=O) groups excluding carboxylic acids is 4. The predicted molar refractivity (Wildman–Crippen MR) is 125 cm³/mol. The highest BCUT2D eigenvalue weighted by atomic mass is 32.2. The number of hydrogen-bond acceptors (Lipinski definition) is 7. The van der Waals surface area contributed by atoms with Crippen LogP contribution in [0.25, 0.3) is 0 Å². The molecule has 3 atom stereocenters. The fourth-order valence-electron chi connectivity index (χ4n) is 4.95. The number of urea groups is 1. The Kier molecular flexibility index (Phi) is 7.07. The van der Waals surface area contributed by atoms with Crippen LogP contribution in [0.3, 0.4) is 0 Å². The van der Waals surface area contributed by atoms with Crippen LogP contribution in [0.4, 0.5) is 9.18 Å². The minimum absolute atomic E-state index is 0.266. The topological polar surface area (TPSA) is 128 Å². The predicted octanol–water partition coefficient (Wildman–Crippen LogP) is 1.85. The first-order valence-electron chi connectivity index (χ1n) is 11.7. The fraction of sp³-hybridized carbons (Fsp3) is 0.583. The van der Waals surface area contributed by atoms with Gasteiger partial charge in [-0.3, -0.25) is 24.6 Å². The SMILES string of the molecule is CC(C)(C)[S@+]([O-])N[C@@]1(CC(=O)C2C(=O)NC(=O)N(C3CCOCC3)C2=O)CCc2c(F)cccc21. The number of fused-ring (bicyclic) bond motifs is 1. The quantitative estimate of drug-likeness (QED) is 0.444. The normalized spacial score (nSPS) is 26.5. The average molecular weight is 508 g/mol. The van der Waals surface area contributed by atoms with Crippen LogP contribution in [0.5, 0.6) is 0 Å². The van der Waals surface area contributed by atoms with Gasteiger partial charge in [-0.05, 0) is 63.6 Å². The number of ether oxygens (including phenoxy) is 1. The lowest BCUT2D eigenvalue weighted by Crippen LogP contribution is -2.63. The Morgan fingerprint density at radius 3 is 2.63 bits per heavy atom. The first-order valence-corrected chi connectivity index (χ1v) is 12.9. The Bertz CT molecular complexity index is 1050. The number of carbonyl (C=O) groups is 4. The monoisotopic (exact) mass is 507 g/mol. The number of imide groups is 2. The first kappa shape index (κ1) is 25.7. The molecule has 11 heteroatoms. The number of hydrogen-bond donors (Lipinski definition) is 2. The van der Waals surface area contributed by atoms with Crippen LogP contribution in [-0.4, -0.2) is 57.1 Å². The number of barbiturate groups is 1. The Hall–Kier alpha value is -2.34. The number of Topliss-reactive ketones (excluding diaryl/α,β-unsaturated/α-hetero) is 1. The molecule has 0 saturated carbocycles. The van der Waals surface area contributed by atoms with Gasteiger partial charge in [0.05, 0.1) is 5.54 Å². The molecule has 1 unspecified atom stereocenters. The third kappa shape index (κ3) is 4.87. The van der Waals surface area contributed by atoms with Crippen molar-refractivity contribution in [3.8, 4) is 0 Å². The smallest absolute Gasteiger partial charge is 0.331 e. The molecule has 4 amide bonds. The van der Waals surface area contributed by atoms with Crippen molar-refractivity contribution in [3.63, 3.8) is 0 Å². The van der Waals surface area contributed by atoms with Crippen molar-refractivity contribution in [2.75, 3.05) is 13.2 Å². The van der Waals surface area contributed by atoms with Gasteiger partial charge in [0.2, 0.25) is 5.91 Å². The lowest BCUT2D eigenvalue weighted by atomic mass is 9.83. The molecular formula is C24H30FN3O6S. The molecule has 9 nitrogen and oxygen atoms in total. The summed E-state index contributed by atoms with van der Waals surface area (Å²) in [5.41, 5.74) is -0.320. The van der Waals surface area contributed by atoms with Crippen molar-refractivity contribution >= 4 is 35.0 Å². The second-order valence-corrected chi connectivity index (χ2v) is 12.2. The van der Waals surface area contributed by atoms with E-state index in [-0.39, 0.29) is 12.8 Å². The average Bonchev–Trinajstić information content (AvgIpc) is 3.12. The second kappa shape index (κ2) is 9.61. The van der Waals surface area contributed by atoms with Crippen molar-refractivity contribution in [2.24, 2.45) is 5.92 Å². The summed E-state index contributed by atoms with van der Waals surface area (Å²) in [7, 11) is 0. The van der Waals surface area contributed by atoms with Gasteiger partial charge in [-0.25, -0.2) is 9.18 Å². The summed E-state index contributed by atoms with van der Waals surface area (Å²) >= 11 is -1.62. The van der Waals surface area contributed by atoms with E-state index in [0.29, 0.717) is 43.6 Å². The van der Waals surface area contributed by atoms with Gasteiger partial charge in [-0.1, -0.05) is 12.1 Å². The number of nitrogens with one attached hydrogen (secondary N) is 2. The molecule has 3 aliphatic rings. The molecule has 2 N–H and O–H groups in total. The summed E-state index contributed by atoms with van der Waals surface area (Å²) in [5, 5.41) is 2.14. The van der Waals surface area contributed by atoms with E-state index in [0.717, 1.165) is 4.90 Å². The maximum absolute atomic E-state index is 14.6. The zero-order chi connectivity index (χ0) is 25.5. The van der Waals surface area contributed by atoms with Crippen LogP contribution in [0.15, 0.2) is 18.2 Å². The maximum atomic E-state index is 14.6. The van der Waals surface area contributed by atoms with E-state index in [1.807, 2.05) is 0 Å². The van der Waals surface area contributed by atoms with Crippen LogP contribution < -0.4 is 10.0 Å². The highest BCUT2D eigenvalue weighted by Crippen LogP contribution is 2.43. The van der Waals surface area contributed by atoms with E-state index >= 15 is 0 Å². The summed E-state index contributed by atoms with van der Waals surface area (Å²) in [5.74, 6) is -4.69. The van der Waals surface area contributed by atoms with Gasteiger partial charge in [0, 0.05) is 37.0 Å². The van der Waals surface area contributed by atoms with Crippen LogP contribution in [0, 0.1) is 11.7 Å². The van der Waals surface area contributed by atoms with E-state index in [1.54, 1.807) is 26.8 Å². The third-order valence-electron chi connectivity index (χ3n) is 6.83. The molecule has 2 fully saturated rings. The van der Waals surface area contributed by atoms with Gasteiger partial charge in [0.15, 0.2) is 11.7 Å². The molecule has 1 aromatic carbocycles. The standard InChI is InChI=1S/C24H30FN3O6S/c1-23(2,3)35(33)27-24(10-7-15-16(24)5-4-6-17(15)25)13-18(29)19-20(30)26-22(32)28(21(19)31)14-8-11-34-12-9-14/h4-6,14,19,27H,7-13H2,1-3H3,(H,26,30,32)/t19?,24-,35+/m1/s1. The zero-order valence-electron chi connectivity index (χ0n) is 20.0. The molecule has 35 heavy (non-hydrogen) atoms. The third-order valence-corrected chi connectivity index (χ3v) is 8.52. The molecule has 0 bridgehead atoms. The van der Waals surface area contributed by atoms with Gasteiger partial charge in [0.25, 0.3) is 5.91 Å². The molecule has 2 heterocycles. The van der Waals surface area contributed by atoms with Crippen molar-refractivity contribution in [1.82, 2.24) is 14.9 Å². The van der Waals surface area contributed by atoms with Crippen molar-refractivity contribution in [1.29, 1.82) is 0 Å². The minimum atomic E-state index is -1.71. The van der Waals surface area contributed by atoms with E-state index in [4.69, 9.17) is 4.74 Å². The number of ketones is 1. The molecule has 0 radical (unpaired) electrons. The molecule has 0 spiro atoms. The number of rotatable bonds is 6. The summed E-state index contributed by atoms with van der Waals surface area (Å²) < 4.78 is 35.3. The van der Waals surface area contributed by atoms with Crippen molar-refractivity contribution in [3.05, 3.63) is 35.1 Å². The fourth-order valence-corrected chi connectivity index (χ4v) is 5.90. The van der Waals surface area contributed by atoms with E-state index in [2.05, 4.69) is 10.0 Å². The summed E-state index contributed by atoms with van der Waals surface area (Å²) in [4.78, 5) is 53.0. The molecule has 1 aliphatic carbocycles. The largest absolute Gasteiger partial charge is 0.598 e. The zero-order valence-corrected chi connectivity index (χ0v) is 20.8. The molecule has 1 aromatic rings. The van der Waals surface area contributed by atoms with Gasteiger partial charge < -0.3 is 9.29 Å². The molecule has 190 valence electrons. The molecular weight excluding hydrogens is 477 g/mol. The highest BCUT2D eigenvalue weighted by Gasteiger charge is 2.52. The van der Waals surface area contributed by atoms with Crippen molar-refractivity contribution in [2.45, 2.75) is 69.2 Å². The van der Waals surface area contributed by atoms with Gasteiger partial charge in [-0.15, -0.1) is 4.72 Å². The first-order chi connectivity index (χ1) is 16.4. The lowest BCUT2D eigenvalue weighted by molar-refractivity contribution is -0.150. The van der Waals surface area contributed by atoms with Crippen LogP contribution in [-0.2, 0) is 42.4 Å². The Morgan fingerprint density at radius 2 is 1.97 bits per heavy atom. The summed E-state index contributed by atoms with van der Waals surface area (Å²) in [6, 6.07) is 3.20. The van der Waals surface area contributed by atoms with Crippen LogP contribution in [0.2, 0.25) is 0 Å². The van der Waals surface area contributed by atoms with E-state index in [1.165, 1.54) is 12.1 Å². The van der Waals surface area contributed by atoms with Gasteiger partial charge in [-0.2, -0.15) is 0 Å². The molecule has 2 aliphatic heterocycles. The lowest BCUT2D eigenvalue weighted by Gasteiger charge is -2.38. The van der Waals surface area contributed by atoms with E-state index in [9.17, 15) is 28.1 Å². The van der Waals surface area contributed by atoms with Gasteiger partial charge >= 0.3 is 6.03 Å². The Labute approximate surface area is 206 Å².